The third kappa shape index (κ3) is 3.08. The van der Waals surface area contributed by atoms with E-state index in [0.717, 1.165) is 0 Å². The van der Waals surface area contributed by atoms with Crippen LogP contribution in [0.15, 0.2) is 0 Å². The maximum Gasteiger partial charge on any atom is 0.435 e. The van der Waals surface area contributed by atoms with Crippen molar-refractivity contribution in [1.29, 1.82) is 0 Å². The van der Waals surface area contributed by atoms with Crippen molar-refractivity contribution in [2.24, 2.45) is 17.8 Å². The molecule has 3 aliphatic rings. The van der Waals surface area contributed by atoms with Gasteiger partial charge in [-0.05, 0) is 24.7 Å². The normalized spacial score (nSPS) is 32.3. The lowest BCUT2D eigenvalue weighted by Crippen LogP contribution is -2.59. The van der Waals surface area contributed by atoms with Gasteiger partial charge in [-0.1, -0.05) is 11.6 Å². The molecule has 1 unspecified atom stereocenters. The van der Waals surface area contributed by atoms with Crippen molar-refractivity contribution in [2.45, 2.75) is 31.7 Å². The molecule has 2 aliphatic heterocycles. The molecule has 0 aromatic carbocycles. The first kappa shape index (κ1) is 18.5. The summed E-state index contributed by atoms with van der Waals surface area (Å²) in [4.78, 5) is 21.9. The lowest BCUT2D eigenvalue weighted by molar-refractivity contribution is -0.141. The van der Waals surface area contributed by atoms with Crippen LogP contribution in [-0.2, 0) is 11.0 Å². The molecular formula is C16H18ClF3N4O3. The summed E-state index contributed by atoms with van der Waals surface area (Å²) in [7, 11) is 0. The van der Waals surface area contributed by atoms with Gasteiger partial charge in [-0.3, -0.25) is 4.79 Å². The number of halogens is 4. The second-order valence-electron chi connectivity index (χ2n) is 7.46. The Bertz CT molecular complexity index is 781. The summed E-state index contributed by atoms with van der Waals surface area (Å²) in [5.41, 5.74) is -1.19. The molecule has 0 bridgehead atoms. The third-order valence-corrected chi connectivity index (χ3v) is 6.21. The van der Waals surface area contributed by atoms with Crippen molar-refractivity contribution in [3.8, 4) is 0 Å². The predicted molar refractivity (Wildman–Crippen MR) is 89.8 cm³/mol. The monoisotopic (exact) mass is 406 g/mol. The van der Waals surface area contributed by atoms with Crippen LogP contribution in [-0.4, -0.2) is 57.9 Å². The fraction of sp³-hybridized carbons (Fsp3) is 0.688. The van der Waals surface area contributed by atoms with Crippen LogP contribution in [0.3, 0.4) is 0 Å². The molecule has 1 aliphatic carbocycles. The van der Waals surface area contributed by atoms with Crippen molar-refractivity contribution >= 4 is 29.3 Å². The van der Waals surface area contributed by atoms with Gasteiger partial charge in [0.05, 0.1) is 12.1 Å². The summed E-state index contributed by atoms with van der Waals surface area (Å²) in [6.45, 7) is 2.69. The van der Waals surface area contributed by atoms with E-state index in [9.17, 15) is 23.1 Å². The van der Waals surface area contributed by atoms with Gasteiger partial charge in [0, 0.05) is 26.1 Å². The number of alkyl halides is 3. The lowest BCUT2D eigenvalue weighted by atomic mass is 10.0. The molecule has 1 aromatic rings. The van der Waals surface area contributed by atoms with E-state index < -0.39 is 29.0 Å². The van der Waals surface area contributed by atoms with Crippen molar-refractivity contribution in [2.75, 3.05) is 29.4 Å². The number of hydrogen-bond acceptors (Lipinski definition) is 6. The highest BCUT2D eigenvalue weighted by molar-refractivity contribution is 6.33. The van der Waals surface area contributed by atoms with Gasteiger partial charge >= 0.3 is 12.1 Å². The van der Waals surface area contributed by atoms with Gasteiger partial charge in [0.15, 0.2) is 11.5 Å². The molecule has 3 heterocycles. The molecule has 11 heteroatoms. The minimum absolute atomic E-state index is 0.0175. The van der Waals surface area contributed by atoms with Crippen molar-refractivity contribution in [1.82, 2.24) is 9.97 Å². The predicted octanol–water partition coefficient (Wildman–Crippen LogP) is 1.88. The third-order valence-electron chi connectivity index (χ3n) is 5.86. The fourth-order valence-corrected chi connectivity index (χ4v) is 4.44. The van der Waals surface area contributed by atoms with Crippen molar-refractivity contribution in [3.05, 3.63) is 10.7 Å². The number of aromatic nitrogens is 2. The van der Waals surface area contributed by atoms with Crippen LogP contribution in [0.5, 0.6) is 0 Å². The number of anilines is 2. The van der Waals surface area contributed by atoms with Crippen LogP contribution in [0.4, 0.5) is 24.9 Å². The molecule has 1 saturated carbocycles. The number of carbonyl (C=O) groups is 1. The number of aliphatic hydroxyl groups is 1. The zero-order valence-corrected chi connectivity index (χ0v) is 15.1. The van der Waals surface area contributed by atoms with Crippen molar-refractivity contribution < 1.29 is 28.2 Å². The summed E-state index contributed by atoms with van der Waals surface area (Å²) in [5, 5.41) is 18.0. The van der Waals surface area contributed by atoms with Gasteiger partial charge in [0.2, 0.25) is 5.95 Å². The van der Waals surface area contributed by atoms with Crippen LogP contribution in [0.1, 0.15) is 19.0 Å². The smallest absolute Gasteiger partial charge is 0.435 e. The first-order chi connectivity index (χ1) is 12.6. The summed E-state index contributed by atoms with van der Waals surface area (Å²) in [6.07, 6.45) is -5.30. The molecule has 148 valence electrons. The Kier molecular flexibility index (Phi) is 4.19. The van der Waals surface area contributed by atoms with E-state index in [1.54, 1.807) is 11.8 Å². The number of nitrogens with zero attached hydrogens (tertiary/aromatic N) is 4. The number of fused-ring (bicyclic) bond motifs is 1. The fourth-order valence-electron chi connectivity index (χ4n) is 4.13. The zero-order chi connectivity index (χ0) is 19.7. The van der Waals surface area contributed by atoms with E-state index in [0.29, 0.717) is 13.1 Å². The number of carboxylic acids is 1. The van der Waals surface area contributed by atoms with E-state index in [1.165, 1.54) is 4.90 Å². The summed E-state index contributed by atoms with van der Waals surface area (Å²) in [5.74, 6) is -0.630. The van der Waals surface area contributed by atoms with Gasteiger partial charge in [0.1, 0.15) is 5.02 Å². The number of β-amino-alcohol motifs (C(OH)–C–C–N with tert-alkyl or cyclic N) is 1. The van der Waals surface area contributed by atoms with Crippen LogP contribution >= 0.6 is 11.6 Å². The average Bonchev–Trinajstić information content (AvgIpc) is 3.02. The van der Waals surface area contributed by atoms with Gasteiger partial charge in [-0.25, -0.2) is 4.98 Å². The highest BCUT2D eigenvalue weighted by atomic mass is 35.5. The van der Waals surface area contributed by atoms with E-state index in [2.05, 4.69) is 9.97 Å². The molecule has 5 atom stereocenters. The van der Waals surface area contributed by atoms with E-state index >= 15 is 0 Å². The quantitative estimate of drug-likeness (QED) is 0.789. The van der Waals surface area contributed by atoms with Crippen LogP contribution < -0.4 is 9.80 Å². The maximum absolute atomic E-state index is 13.4. The van der Waals surface area contributed by atoms with E-state index in [1.807, 2.05) is 0 Å². The average molecular weight is 407 g/mol. The minimum Gasteiger partial charge on any atom is -0.481 e. The number of carboxylic acid groups (broad SMARTS) is 1. The van der Waals surface area contributed by atoms with E-state index in [-0.39, 0.29) is 48.5 Å². The first-order valence-electron chi connectivity index (χ1n) is 8.64. The summed E-state index contributed by atoms with van der Waals surface area (Å²) >= 11 is 6.01. The van der Waals surface area contributed by atoms with Gasteiger partial charge in [-0.2, -0.15) is 18.2 Å². The number of rotatable bonds is 4. The Morgan fingerprint density at radius 2 is 1.89 bits per heavy atom. The first-order valence-corrected chi connectivity index (χ1v) is 9.02. The molecule has 0 radical (unpaired) electrons. The minimum atomic E-state index is -4.73. The van der Waals surface area contributed by atoms with Crippen LogP contribution in [0.25, 0.3) is 0 Å². The molecule has 3 fully saturated rings. The van der Waals surface area contributed by atoms with E-state index in [4.69, 9.17) is 16.7 Å². The highest BCUT2D eigenvalue weighted by Gasteiger charge is 2.57. The Hall–Kier alpha value is -1.81. The molecular weight excluding hydrogens is 389 g/mol. The number of aliphatic hydroxyl groups excluding tert-OH is 1. The molecule has 27 heavy (non-hydrogen) atoms. The maximum atomic E-state index is 13.4. The topological polar surface area (TPSA) is 89.8 Å². The van der Waals surface area contributed by atoms with Crippen molar-refractivity contribution in [3.63, 3.8) is 0 Å². The molecule has 7 nitrogen and oxygen atoms in total. The SMILES string of the molecule is C[C@H]1[C@H](O)CN1c1nc(N2C[C@@H]3C(CC(=O)O)[C@@H]3C2)c(Cl)c(C(F)(F)F)n1. The Balaban J connectivity index is 1.62. The second-order valence-corrected chi connectivity index (χ2v) is 7.84. The van der Waals surface area contributed by atoms with Gasteiger partial charge in [-0.15, -0.1) is 0 Å². The number of aliphatic carboxylic acids is 1. The molecule has 2 saturated heterocycles. The summed E-state index contributed by atoms with van der Waals surface area (Å²) in [6, 6.07) is -0.382. The lowest BCUT2D eigenvalue weighted by Gasteiger charge is -2.43. The second kappa shape index (κ2) is 6.10. The molecule has 2 N–H and O–H groups in total. The molecule has 4 rings (SSSR count). The molecule has 0 spiro atoms. The Morgan fingerprint density at radius 3 is 2.37 bits per heavy atom. The van der Waals surface area contributed by atoms with Crippen LogP contribution in [0, 0.1) is 17.8 Å². The Labute approximate surface area is 157 Å². The number of hydrogen-bond donors (Lipinski definition) is 2. The van der Waals surface area contributed by atoms with Gasteiger partial charge < -0.3 is 20.0 Å². The largest absolute Gasteiger partial charge is 0.481 e. The standard InChI is InChI=1S/C16H18ClF3N4O3/c1-6-10(25)5-24(6)15-21-13(16(18,19)20)12(17)14(22-15)23-3-8-7(2-11(26)27)9(8)4-23/h6-10,25H,2-5H2,1H3,(H,26,27)/t6-,7?,8-,9+,10+/m0/s1. The summed E-state index contributed by atoms with van der Waals surface area (Å²) < 4.78 is 40.3. The zero-order valence-electron chi connectivity index (χ0n) is 14.3. The van der Waals surface area contributed by atoms with Gasteiger partial charge in [0.25, 0.3) is 0 Å². The highest BCUT2D eigenvalue weighted by Crippen LogP contribution is 2.55. The molecule has 1 aromatic heterocycles. The molecule has 0 amide bonds. The van der Waals surface area contributed by atoms with Crippen LogP contribution in [0.2, 0.25) is 5.02 Å². The Morgan fingerprint density at radius 1 is 1.26 bits per heavy atom. The number of piperidine rings is 1.